The maximum atomic E-state index is 5.53. The van der Waals surface area contributed by atoms with Crippen LogP contribution in [0.2, 0.25) is 0 Å². The molecule has 0 heterocycles. The number of anilines is 1. The second kappa shape index (κ2) is 6.92. The van der Waals surface area contributed by atoms with Crippen molar-refractivity contribution < 1.29 is 0 Å². The van der Waals surface area contributed by atoms with E-state index in [9.17, 15) is 0 Å². The third kappa shape index (κ3) is 3.72. The van der Waals surface area contributed by atoms with Crippen LogP contribution in [-0.2, 0) is 6.42 Å². The van der Waals surface area contributed by atoms with Crippen LogP contribution >= 0.6 is 0 Å². The van der Waals surface area contributed by atoms with Crippen LogP contribution in [0.4, 0.5) is 5.69 Å². The van der Waals surface area contributed by atoms with Gasteiger partial charge in [0, 0.05) is 16.9 Å². The molecule has 0 aliphatic carbocycles. The van der Waals surface area contributed by atoms with Crippen molar-refractivity contribution in [3.05, 3.63) is 71.8 Å². The van der Waals surface area contributed by atoms with E-state index in [2.05, 4.69) is 55.2 Å². The molecule has 0 radical (unpaired) electrons. The van der Waals surface area contributed by atoms with Crippen LogP contribution in [0, 0.1) is 6.92 Å². The third-order valence-corrected chi connectivity index (χ3v) is 3.39. The number of aryl methyl sites for hydroxylation is 2. The molecule has 0 fully saturated rings. The lowest BCUT2D eigenvalue weighted by Crippen LogP contribution is -2.01. The summed E-state index contributed by atoms with van der Waals surface area (Å²) in [4.78, 5) is 0. The summed E-state index contributed by atoms with van der Waals surface area (Å²) in [6, 6.07) is 16.7. The first-order valence-corrected chi connectivity index (χ1v) is 7.01. The summed E-state index contributed by atoms with van der Waals surface area (Å²) in [5, 5.41) is 3.36. The van der Waals surface area contributed by atoms with Crippen LogP contribution in [-0.4, -0.2) is 6.54 Å². The average Bonchev–Trinajstić information content (AvgIpc) is 2.47. The van der Waals surface area contributed by atoms with Crippen LogP contribution < -0.4 is 11.1 Å². The van der Waals surface area contributed by atoms with Crippen molar-refractivity contribution in [2.24, 2.45) is 5.73 Å². The Morgan fingerprint density at radius 2 is 1.80 bits per heavy atom. The van der Waals surface area contributed by atoms with Gasteiger partial charge in [-0.25, -0.2) is 0 Å². The predicted octanol–water partition coefficient (Wildman–Crippen LogP) is 3.97. The highest BCUT2D eigenvalue weighted by Crippen LogP contribution is 2.20. The maximum absolute atomic E-state index is 5.53. The van der Waals surface area contributed by atoms with Gasteiger partial charge < -0.3 is 11.1 Å². The minimum absolute atomic E-state index is 0.740. The van der Waals surface area contributed by atoms with Crippen molar-refractivity contribution in [3.8, 4) is 0 Å². The van der Waals surface area contributed by atoms with Gasteiger partial charge in [0.05, 0.1) is 0 Å². The molecule has 0 aliphatic rings. The molecule has 104 valence electrons. The smallest absolute Gasteiger partial charge is 0.0387 e. The Hall–Kier alpha value is -2.06. The van der Waals surface area contributed by atoms with E-state index in [1.54, 1.807) is 0 Å². The molecule has 0 atom stereocenters. The van der Waals surface area contributed by atoms with E-state index in [1.165, 1.54) is 11.1 Å². The molecule has 0 bridgehead atoms. The zero-order valence-electron chi connectivity index (χ0n) is 12.0. The van der Waals surface area contributed by atoms with E-state index >= 15 is 0 Å². The molecular formula is C18H22N2. The van der Waals surface area contributed by atoms with Gasteiger partial charge >= 0.3 is 0 Å². The van der Waals surface area contributed by atoms with Crippen LogP contribution in [0.3, 0.4) is 0 Å². The summed E-state index contributed by atoms with van der Waals surface area (Å²) in [5.74, 6) is 0. The van der Waals surface area contributed by atoms with Crippen molar-refractivity contribution in [2.45, 2.75) is 19.8 Å². The summed E-state index contributed by atoms with van der Waals surface area (Å²) in [5.41, 5.74) is 11.2. The Bertz CT molecular complexity index is 570. The number of benzene rings is 2. The fourth-order valence-corrected chi connectivity index (χ4v) is 2.21. The second-order valence-corrected chi connectivity index (χ2v) is 5.01. The van der Waals surface area contributed by atoms with Gasteiger partial charge in [-0.05, 0) is 49.6 Å². The van der Waals surface area contributed by atoms with Crippen LogP contribution in [0.1, 0.15) is 23.1 Å². The van der Waals surface area contributed by atoms with Gasteiger partial charge in [-0.1, -0.05) is 43.0 Å². The highest BCUT2D eigenvalue weighted by molar-refractivity contribution is 5.76. The lowest BCUT2D eigenvalue weighted by molar-refractivity contribution is 0.833. The van der Waals surface area contributed by atoms with Crippen molar-refractivity contribution in [3.63, 3.8) is 0 Å². The first kappa shape index (κ1) is 14.4. The van der Waals surface area contributed by atoms with Gasteiger partial charge in [-0.2, -0.15) is 0 Å². The molecule has 0 unspecified atom stereocenters. The Balaban J connectivity index is 2.03. The molecule has 2 aromatic carbocycles. The summed E-state index contributed by atoms with van der Waals surface area (Å²) >= 11 is 0. The zero-order valence-corrected chi connectivity index (χ0v) is 12.0. The topological polar surface area (TPSA) is 38.0 Å². The minimum atomic E-state index is 0.740. The quantitative estimate of drug-likeness (QED) is 0.830. The molecule has 2 nitrogen and oxygen atoms in total. The first-order valence-electron chi connectivity index (χ1n) is 7.01. The normalized spacial score (nSPS) is 10.3. The molecule has 2 aromatic rings. The Morgan fingerprint density at radius 1 is 1.10 bits per heavy atom. The number of nitrogens with two attached hydrogens (primary N) is 1. The molecule has 0 saturated carbocycles. The molecule has 0 aliphatic heterocycles. The van der Waals surface area contributed by atoms with E-state index in [0.29, 0.717) is 0 Å². The van der Waals surface area contributed by atoms with Gasteiger partial charge in [-0.15, -0.1) is 0 Å². The first-order chi connectivity index (χ1) is 9.70. The lowest BCUT2D eigenvalue weighted by Gasteiger charge is -2.12. The van der Waals surface area contributed by atoms with Crippen LogP contribution in [0.15, 0.2) is 55.1 Å². The second-order valence-electron chi connectivity index (χ2n) is 5.01. The maximum Gasteiger partial charge on any atom is 0.0387 e. The Morgan fingerprint density at radius 3 is 2.45 bits per heavy atom. The number of hydrogen-bond acceptors (Lipinski definition) is 2. The molecule has 2 heteroatoms. The van der Waals surface area contributed by atoms with E-state index in [0.717, 1.165) is 36.3 Å². The minimum Gasteiger partial charge on any atom is -0.356 e. The third-order valence-electron chi connectivity index (χ3n) is 3.39. The van der Waals surface area contributed by atoms with Crippen molar-refractivity contribution in [1.29, 1.82) is 0 Å². The number of hydrogen-bond donors (Lipinski definition) is 2. The van der Waals surface area contributed by atoms with Crippen molar-refractivity contribution in [1.82, 2.24) is 0 Å². The van der Waals surface area contributed by atoms with Gasteiger partial charge in [0.2, 0.25) is 0 Å². The summed E-state index contributed by atoms with van der Waals surface area (Å²) in [7, 11) is 0. The van der Waals surface area contributed by atoms with Crippen LogP contribution in [0.25, 0.3) is 5.70 Å². The molecule has 0 spiro atoms. The molecule has 0 amide bonds. The van der Waals surface area contributed by atoms with Gasteiger partial charge in [0.15, 0.2) is 0 Å². The summed E-state index contributed by atoms with van der Waals surface area (Å²) in [6.07, 6.45) is 2.07. The predicted molar refractivity (Wildman–Crippen MR) is 87.7 cm³/mol. The standard InChI is InChI=1S/C18H22N2/c1-14-6-3-4-8-18(14)15(2)20-17-11-9-16(10-12-17)7-5-13-19/h3-4,6,8-12,20H,2,5,7,13,19H2,1H3. The fourth-order valence-electron chi connectivity index (χ4n) is 2.21. The molecule has 3 N–H and O–H groups in total. The van der Waals surface area contributed by atoms with Crippen molar-refractivity contribution >= 4 is 11.4 Å². The number of nitrogens with one attached hydrogen (secondary N) is 1. The molecule has 0 saturated heterocycles. The van der Waals surface area contributed by atoms with Gasteiger partial charge in [-0.3, -0.25) is 0 Å². The fraction of sp³-hybridized carbons (Fsp3) is 0.222. The zero-order chi connectivity index (χ0) is 14.4. The van der Waals surface area contributed by atoms with Gasteiger partial charge in [0.25, 0.3) is 0 Å². The Labute approximate surface area is 121 Å². The van der Waals surface area contributed by atoms with Gasteiger partial charge in [0.1, 0.15) is 0 Å². The average molecular weight is 266 g/mol. The molecule has 20 heavy (non-hydrogen) atoms. The largest absolute Gasteiger partial charge is 0.356 e. The summed E-state index contributed by atoms with van der Waals surface area (Å²) in [6.45, 7) is 6.96. The van der Waals surface area contributed by atoms with E-state index in [-0.39, 0.29) is 0 Å². The lowest BCUT2D eigenvalue weighted by atomic mass is 10.1. The number of rotatable bonds is 6. The van der Waals surface area contributed by atoms with E-state index < -0.39 is 0 Å². The monoisotopic (exact) mass is 266 g/mol. The van der Waals surface area contributed by atoms with Crippen LogP contribution in [0.5, 0.6) is 0 Å². The Kier molecular flexibility index (Phi) is 4.97. The molecule has 2 rings (SSSR count). The van der Waals surface area contributed by atoms with E-state index in [4.69, 9.17) is 5.73 Å². The molecular weight excluding hydrogens is 244 g/mol. The molecule has 0 aromatic heterocycles. The highest BCUT2D eigenvalue weighted by Gasteiger charge is 2.02. The van der Waals surface area contributed by atoms with Crippen molar-refractivity contribution in [2.75, 3.05) is 11.9 Å². The summed E-state index contributed by atoms with van der Waals surface area (Å²) < 4.78 is 0. The highest BCUT2D eigenvalue weighted by atomic mass is 14.9. The van der Waals surface area contributed by atoms with E-state index in [1.807, 2.05) is 12.1 Å². The SMILES string of the molecule is C=C(Nc1ccc(CCCN)cc1)c1ccccc1C.